The highest BCUT2D eigenvalue weighted by molar-refractivity contribution is 6.30. The van der Waals surface area contributed by atoms with E-state index in [2.05, 4.69) is 0 Å². The van der Waals surface area contributed by atoms with E-state index in [0.717, 1.165) is 5.56 Å². The zero-order valence-electron chi connectivity index (χ0n) is 14.6. The molecule has 0 fully saturated rings. The second-order valence-corrected chi connectivity index (χ2v) is 6.91. The maximum absolute atomic E-state index is 12.8. The molecule has 8 heteroatoms. The zero-order chi connectivity index (χ0) is 19.1. The molecule has 1 N–H and O–H groups in total. The van der Waals surface area contributed by atoms with Crippen molar-refractivity contribution in [1.29, 1.82) is 0 Å². The molecule has 1 amide bonds. The van der Waals surface area contributed by atoms with E-state index in [1.54, 1.807) is 21.7 Å². The van der Waals surface area contributed by atoms with Crippen LogP contribution >= 0.6 is 11.6 Å². The molecule has 2 aliphatic rings. The Labute approximate surface area is 160 Å². The molecule has 2 aliphatic heterocycles. The molecular weight excluding hydrogens is 370 g/mol. The summed E-state index contributed by atoms with van der Waals surface area (Å²) >= 11 is 6.13. The molecular formula is C19H18ClN3O4. The highest BCUT2D eigenvalue weighted by Crippen LogP contribution is 2.34. The maximum Gasteiger partial charge on any atom is 0.278 e. The molecule has 0 saturated heterocycles. The number of amides is 1. The van der Waals surface area contributed by atoms with Gasteiger partial charge in [0.2, 0.25) is 5.43 Å². The summed E-state index contributed by atoms with van der Waals surface area (Å²) in [5, 5.41) is 12.7. The van der Waals surface area contributed by atoms with E-state index in [9.17, 15) is 14.7 Å². The molecule has 0 spiro atoms. The number of aromatic nitrogens is 1. The van der Waals surface area contributed by atoms with Crippen LogP contribution in [0.2, 0.25) is 5.02 Å². The van der Waals surface area contributed by atoms with Gasteiger partial charge in [-0.2, -0.15) is 0 Å². The van der Waals surface area contributed by atoms with Crippen molar-refractivity contribution in [3.05, 3.63) is 69.1 Å². The molecule has 27 heavy (non-hydrogen) atoms. The monoisotopic (exact) mass is 387 g/mol. The summed E-state index contributed by atoms with van der Waals surface area (Å²) in [6.07, 6.45) is 5.16. The third kappa shape index (κ3) is 2.94. The van der Waals surface area contributed by atoms with Gasteiger partial charge in [0.05, 0.1) is 6.04 Å². The largest absolute Gasteiger partial charge is 0.502 e. The average molecular weight is 388 g/mol. The van der Waals surface area contributed by atoms with Crippen molar-refractivity contribution in [3.8, 4) is 11.5 Å². The second kappa shape index (κ2) is 6.66. The molecule has 0 saturated carbocycles. The molecule has 1 aromatic heterocycles. The van der Waals surface area contributed by atoms with Gasteiger partial charge in [-0.1, -0.05) is 23.7 Å². The number of benzene rings is 1. The first kappa shape index (κ1) is 17.5. The number of pyridine rings is 1. The van der Waals surface area contributed by atoms with Crippen molar-refractivity contribution in [2.45, 2.75) is 13.0 Å². The number of carbonyl (C=O) groups excluding carboxylic acids is 1. The smallest absolute Gasteiger partial charge is 0.278 e. The van der Waals surface area contributed by atoms with Gasteiger partial charge in [0.25, 0.3) is 5.91 Å². The Kier molecular flexibility index (Phi) is 4.31. The van der Waals surface area contributed by atoms with Crippen LogP contribution in [0.25, 0.3) is 0 Å². The third-order valence-electron chi connectivity index (χ3n) is 4.84. The number of halogens is 1. The van der Waals surface area contributed by atoms with Crippen molar-refractivity contribution in [2.75, 3.05) is 24.8 Å². The van der Waals surface area contributed by atoms with Crippen LogP contribution in [0.5, 0.6) is 11.5 Å². The fraction of sp³-hybridized carbons (Fsp3) is 0.263. The molecule has 1 atom stereocenters. The minimum Gasteiger partial charge on any atom is -0.502 e. The van der Waals surface area contributed by atoms with E-state index in [-0.39, 0.29) is 11.7 Å². The number of nitrogens with zero attached hydrogens (tertiary/aromatic N) is 3. The van der Waals surface area contributed by atoms with Crippen LogP contribution in [0, 0.1) is 0 Å². The van der Waals surface area contributed by atoms with Gasteiger partial charge in [0, 0.05) is 29.4 Å². The van der Waals surface area contributed by atoms with Crippen molar-refractivity contribution >= 4 is 17.5 Å². The third-order valence-corrected chi connectivity index (χ3v) is 5.07. The van der Waals surface area contributed by atoms with Gasteiger partial charge < -0.3 is 14.7 Å². The lowest BCUT2D eigenvalue weighted by molar-refractivity contribution is 0.0699. The Morgan fingerprint density at radius 1 is 1.22 bits per heavy atom. The number of carbonyl (C=O) groups is 1. The van der Waals surface area contributed by atoms with Gasteiger partial charge >= 0.3 is 0 Å². The van der Waals surface area contributed by atoms with E-state index >= 15 is 0 Å². The van der Waals surface area contributed by atoms with Gasteiger partial charge in [-0.3, -0.25) is 19.3 Å². The van der Waals surface area contributed by atoms with Crippen LogP contribution < -0.4 is 15.2 Å². The van der Waals surface area contributed by atoms with Crippen molar-refractivity contribution in [2.24, 2.45) is 0 Å². The SMILES string of the molecule is C[C@H]1c2ccc(Cl)cc2OC/C=C/CN2CN1n1ccc(=O)c(O)c1C2=O. The predicted molar refractivity (Wildman–Crippen MR) is 101 cm³/mol. The summed E-state index contributed by atoms with van der Waals surface area (Å²) in [5.41, 5.74) is 0.261. The first-order valence-electron chi connectivity index (χ1n) is 8.55. The quantitative estimate of drug-likeness (QED) is 0.702. The summed E-state index contributed by atoms with van der Waals surface area (Å²) in [5.74, 6) is -0.289. The number of aromatic hydroxyl groups is 1. The standard InChI is InChI=1S/C19H18ClN3O4/c1-12-14-5-4-13(20)10-16(14)27-9-3-2-7-21-11-23(12)22-8-6-15(24)18(25)17(22)19(21)26/h2-6,8,10,12,25H,7,9,11H2,1H3/b3-2+/t12-/m0/s1. The van der Waals surface area contributed by atoms with E-state index in [1.807, 2.05) is 30.2 Å². The van der Waals surface area contributed by atoms with Crippen LogP contribution in [0.15, 0.2) is 47.4 Å². The maximum atomic E-state index is 12.8. The zero-order valence-corrected chi connectivity index (χ0v) is 15.4. The predicted octanol–water partition coefficient (Wildman–Crippen LogP) is 2.27. The Bertz CT molecular complexity index is 1000. The second-order valence-electron chi connectivity index (χ2n) is 6.47. The van der Waals surface area contributed by atoms with Gasteiger partial charge in [-0.05, 0) is 25.1 Å². The molecule has 2 aromatic rings. The number of hydrogen-bond acceptors (Lipinski definition) is 5. The Morgan fingerprint density at radius 3 is 2.85 bits per heavy atom. The molecule has 140 valence electrons. The molecule has 7 nitrogen and oxygen atoms in total. The summed E-state index contributed by atoms with van der Waals surface area (Å²) in [7, 11) is 0. The van der Waals surface area contributed by atoms with Crippen LogP contribution in [-0.2, 0) is 0 Å². The van der Waals surface area contributed by atoms with Gasteiger partial charge in [-0.25, -0.2) is 0 Å². The van der Waals surface area contributed by atoms with Crippen LogP contribution in [0.3, 0.4) is 0 Å². The molecule has 0 radical (unpaired) electrons. The summed E-state index contributed by atoms with van der Waals surface area (Å²) in [6, 6.07) is 6.46. The number of rotatable bonds is 0. The van der Waals surface area contributed by atoms with E-state index in [0.29, 0.717) is 30.6 Å². The molecule has 2 bridgehead atoms. The van der Waals surface area contributed by atoms with Gasteiger partial charge in [0.1, 0.15) is 19.0 Å². The van der Waals surface area contributed by atoms with E-state index < -0.39 is 17.1 Å². The molecule has 0 unspecified atom stereocenters. The average Bonchev–Trinajstić information content (AvgIpc) is 2.67. The van der Waals surface area contributed by atoms with Crippen molar-refractivity contribution in [1.82, 2.24) is 9.58 Å². The van der Waals surface area contributed by atoms with Crippen molar-refractivity contribution < 1.29 is 14.6 Å². The number of fused-ring (bicyclic) bond motifs is 5. The number of hydrogen-bond donors (Lipinski definition) is 1. The topological polar surface area (TPSA) is 75.0 Å². The van der Waals surface area contributed by atoms with Gasteiger partial charge in [-0.15, -0.1) is 0 Å². The molecule has 1 aromatic carbocycles. The minimum absolute atomic E-state index is 0.0373. The fourth-order valence-corrected chi connectivity index (χ4v) is 3.55. The molecule has 0 aliphatic carbocycles. The van der Waals surface area contributed by atoms with Gasteiger partial charge in [0.15, 0.2) is 11.4 Å². The Morgan fingerprint density at radius 2 is 2.04 bits per heavy atom. The van der Waals surface area contributed by atoms with Crippen molar-refractivity contribution in [3.63, 3.8) is 0 Å². The van der Waals surface area contributed by atoms with Crippen LogP contribution in [0.4, 0.5) is 0 Å². The number of ether oxygens (including phenoxy) is 1. The molecule has 3 heterocycles. The van der Waals surface area contributed by atoms with Crippen LogP contribution in [-0.4, -0.2) is 40.4 Å². The van der Waals surface area contributed by atoms with E-state index in [1.165, 1.54) is 12.3 Å². The van der Waals surface area contributed by atoms with E-state index in [4.69, 9.17) is 16.3 Å². The normalized spacial score (nSPS) is 20.2. The first-order chi connectivity index (χ1) is 13.0. The first-order valence-corrected chi connectivity index (χ1v) is 8.93. The lowest BCUT2D eigenvalue weighted by atomic mass is 10.1. The Hall–Kier alpha value is -2.93. The fourth-order valence-electron chi connectivity index (χ4n) is 3.38. The summed E-state index contributed by atoms with van der Waals surface area (Å²) in [6.45, 7) is 2.94. The van der Waals surface area contributed by atoms with Crippen LogP contribution in [0.1, 0.15) is 29.0 Å². The minimum atomic E-state index is -0.584. The Balaban J connectivity index is 1.91. The lowest BCUT2D eigenvalue weighted by Gasteiger charge is -2.42. The summed E-state index contributed by atoms with van der Waals surface area (Å²) in [4.78, 5) is 26.3. The highest BCUT2D eigenvalue weighted by Gasteiger charge is 2.34. The lowest BCUT2D eigenvalue weighted by Crippen LogP contribution is -2.54. The molecule has 4 rings (SSSR count). The summed E-state index contributed by atoms with van der Waals surface area (Å²) < 4.78 is 7.41. The highest BCUT2D eigenvalue weighted by atomic mass is 35.5.